The van der Waals surface area contributed by atoms with E-state index < -0.39 is 0 Å². The molecule has 0 unspecified atom stereocenters. The smallest absolute Gasteiger partial charge is 0.163 e. The molecule has 0 aromatic carbocycles. The van der Waals surface area contributed by atoms with Crippen LogP contribution in [0.5, 0.6) is 0 Å². The summed E-state index contributed by atoms with van der Waals surface area (Å²) < 4.78 is 1.84. The monoisotopic (exact) mass is 163 g/mol. The van der Waals surface area contributed by atoms with Crippen molar-refractivity contribution in [1.82, 2.24) is 19.5 Å². The summed E-state index contributed by atoms with van der Waals surface area (Å²) in [5, 5.41) is 0. The molecule has 12 heavy (non-hydrogen) atoms. The summed E-state index contributed by atoms with van der Waals surface area (Å²) in [5.74, 6) is 0. The maximum atomic E-state index is 5.49. The number of nitrogens with two attached hydrogens (primary N) is 1. The highest BCUT2D eigenvalue weighted by Gasteiger charge is 2.05. The SMILES string of the molecule is Cn1cnc2c(CN)ncnc21. The first-order valence-electron chi connectivity index (χ1n) is 3.64. The fourth-order valence-corrected chi connectivity index (χ4v) is 1.14. The number of hydrogen-bond donors (Lipinski definition) is 1. The zero-order valence-electron chi connectivity index (χ0n) is 6.73. The summed E-state index contributed by atoms with van der Waals surface area (Å²) >= 11 is 0. The minimum absolute atomic E-state index is 0.399. The van der Waals surface area contributed by atoms with Crippen molar-refractivity contribution < 1.29 is 0 Å². The third kappa shape index (κ3) is 0.868. The predicted octanol–water partition coefficient (Wildman–Crippen LogP) is -0.178. The van der Waals surface area contributed by atoms with Crippen LogP contribution in [-0.2, 0) is 13.6 Å². The van der Waals surface area contributed by atoms with Crippen LogP contribution in [0.25, 0.3) is 11.2 Å². The van der Waals surface area contributed by atoms with Gasteiger partial charge in [0.2, 0.25) is 0 Å². The minimum atomic E-state index is 0.399. The van der Waals surface area contributed by atoms with Gasteiger partial charge in [-0.1, -0.05) is 0 Å². The van der Waals surface area contributed by atoms with Crippen LogP contribution >= 0.6 is 0 Å². The quantitative estimate of drug-likeness (QED) is 0.633. The van der Waals surface area contributed by atoms with Gasteiger partial charge in [-0.25, -0.2) is 15.0 Å². The summed E-state index contributed by atoms with van der Waals surface area (Å²) in [5.41, 5.74) is 7.90. The number of aromatic nitrogens is 4. The lowest BCUT2D eigenvalue weighted by Crippen LogP contribution is -2.01. The van der Waals surface area contributed by atoms with Crippen molar-refractivity contribution in [3.63, 3.8) is 0 Å². The van der Waals surface area contributed by atoms with Crippen molar-refractivity contribution in [2.45, 2.75) is 6.54 Å². The van der Waals surface area contributed by atoms with Gasteiger partial charge in [-0.2, -0.15) is 0 Å². The van der Waals surface area contributed by atoms with Gasteiger partial charge >= 0.3 is 0 Å². The lowest BCUT2D eigenvalue weighted by atomic mass is 10.3. The first-order valence-corrected chi connectivity index (χ1v) is 3.64. The van der Waals surface area contributed by atoms with E-state index in [1.807, 2.05) is 11.6 Å². The Morgan fingerprint density at radius 1 is 1.42 bits per heavy atom. The predicted molar refractivity (Wildman–Crippen MR) is 44.2 cm³/mol. The Morgan fingerprint density at radius 2 is 2.25 bits per heavy atom. The summed E-state index contributed by atoms with van der Waals surface area (Å²) in [6.45, 7) is 0.399. The van der Waals surface area contributed by atoms with Gasteiger partial charge in [-0.15, -0.1) is 0 Å². The molecule has 0 spiro atoms. The van der Waals surface area contributed by atoms with Gasteiger partial charge in [0.25, 0.3) is 0 Å². The Kier molecular flexibility index (Phi) is 1.51. The Morgan fingerprint density at radius 3 is 3.00 bits per heavy atom. The molecule has 2 aromatic heterocycles. The Labute approximate surface area is 69.3 Å². The maximum absolute atomic E-state index is 5.49. The van der Waals surface area contributed by atoms with Crippen LogP contribution in [0.1, 0.15) is 5.69 Å². The van der Waals surface area contributed by atoms with Crippen LogP contribution in [0.3, 0.4) is 0 Å². The molecule has 2 aromatic rings. The maximum Gasteiger partial charge on any atom is 0.163 e. The van der Waals surface area contributed by atoms with Gasteiger partial charge in [-0.3, -0.25) is 0 Å². The molecule has 2 heterocycles. The Bertz CT molecular complexity index is 405. The standard InChI is InChI=1S/C7H9N5/c1-12-4-11-6-5(2-8)9-3-10-7(6)12/h3-4H,2,8H2,1H3. The normalized spacial score (nSPS) is 10.8. The fourth-order valence-electron chi connectivity index (χ4n) is 1.14. The highest BCUT2D eigenvalue weighted by Crippen LogP contribution is 2.10. The second kappa shape index (κ2) is 2.53. The number of imidazole rings is 1. The lowest BCUT2D eigenvalue weighted by molar-refractivity contribution is 0.922. The van der Waals surface area contributed by atoms with E-state index in [0.717, 1.165) is 16.9 Å². The van der Waals surface area contributed by atoms with E-state index in [-0.39, 0.29) is 0 Å². The topological polar surface area (TPSA) is 69.6 Å². The molecule has 62 valence electrons. The summed E-state index contributed by atoms with van der Waals surface area (Å²) in [7, 11) is 1.89. The molecule has 0 saturated carbocycles. The van der Waals surface area contributed by atoms with Crippen LogP contribution in [0, 0.1) is 0 Å². The molecule has 0 amide bonds. The van der Waals surface area contributed by atoms with E-state index in [4.69, 9.17) is 5.73 Å². The number of hydrogen-bond acceptors (Lipinski definition) is 4. The van der Waals surface area contributed by atoms with Crippen molar-refractivity contribution in [1.29, 1.82) is 0 Å². The molecule has 0 aliphatic rings. The van der Waals surface area contributed by atoms with Crippen molar-refractivity contribution in [3.8, 4) is 0 Å². The van der Waals surface area contributed by atoms with E-state index in [1.165, 1.54) is 6.33 Å². The molecule has 5 heteroatoms. The van der Waals surface area contributed by atoms with Crippen LogP contribution in [0.4, 0.5) is 0 Å². The van der Waals surface area contributed by atoms with Gasteiger partial charge < -0.3 is 10.3 Å². The molecule has 0 aliphatic heterocycles. The molecule has 0 fully saturated rings. The molecule has 0 saturated heterocycles. The number of rotatable bonds is 1. The fraction of sp³-hybridized carbons (Fsp3) is 0.286. The highest BCUT2D eigenvalue weighted by molar-refractivity contribution is 5.72. The summed E-state index contributed by atoms with van der Waals surface area (Å²) in [4.78, 5) is 12.3. The van der Waals surface area contributed by atoms with Crippen molar-refractivity contribution >= 4 is 11.2 Å². The minimum Gasteiger partial charge on any atom is -0.325 e. The molecular formula is C7H9N5. The third-order valence-corrected chi connectivity index (χ3v) is 1.77. The molecule has 2 rings (SSSR count). The number of nitrogens with zero attached hydrogens (tertiary/aromatic N) is 4. The van der Waals surface area contributed by atoms with Gasteiger partial charge in [0.15, 0.2) is 5.65 Å². The second-order valence-corrected chi connectivity index (χ2v) is 2.55. The van der Waals surface area contributed by atoms with Crippen molar-refractivity contribution in [2.75, 3.05) is 0 Å². The molecule has 0 aliphatic carbocycles. The lowest BCUT2D eigenvalue weighted by Gasteiger charge is -1.96. The molecule has 0 radical (unpaired) electrons. The first-order chi connectivity index (χ1) is 5.83. The van der Waals surface area contributed by atoms with Crippen LogP contribution in [-0.4, -0.2) is 19.5 Å². The summed E-state index contributed by atoms with van der Waals surface area (Å²) in [6, 6.07) is 0. The zero-order valence-corrected chi connectivity index (χ0v) is 6.73. The van der Waals surface area contributed by atoms with E-state index >= 15 is 0 Å². The molecule has 0 bridgehead atoms. The number of aryl methyl sites for hydroxylation is 1. The van der Waals surface area contributed by atoms with Crippen LogP contribution in [0.15, 0.2) is 12.7 Å². The second-order valence-electron chi connectivity index (χ2n) is 2.55. The summed E-state index contributed by atoms with van der Waals surface area (Å²) in [6.07, 6.45) is 3.21. The van der Waals surface area contributed by atoms with Gasteiger partial charge in [-0.05, 0) is 0 Å². The third-order valence-electron chi connectivity index (χ3n) is 1.77. The average molecular weight is 163 g/mol. The van der Waals surface area contributed by atoms with E-state index in [2.05, 4.69) is 15.0 Å². The molecular weight excluding hydrogens is 154 g/mol. The van der Waals surface area contributed by atoms with Crippen LogP contribution in [0.2, 0.25) is 0 Å². The van der Waals surface area contributed by atoms with Gasteiger partial charge in [0, 0.05) is 13.6 Å². The van der Waals surface area contributed by atoms with Crippen molar-refractivity contribution in [2.24, 2.45) is 12.8 Å². The van der Waals surface area contributed by atoms with Gasteiger partial charge in [0.05, 0.1) is 12.0 Å². The Balaban J connectivity index is 2.81. The average Bonchev–Trinajstić information content (AvgIpc) is 2.48. The highest BCUT2D eigenvalue weighted by atomic mass is 15.1. The number of fused-ring (bicyclic) bond motifs is 1. The molecule has 5 nitrogen and oxygen atoms in total. The van der Waals surface area contributed by atoms with E-state index in [0.29, 0.717) is 6.54 Å². The van der Waals surface area contributed by atoms with Gasteiger partial charge in [0.1, 0.15) is 11.8 Å². The largest absolute Gasteiger partial charge is 0.325 e. The van der Waals surface area contributed by atoms with E-state index in [1.54, 1.807) is 6.33 Å². The Hall–Kier alpha value is -1.49. The molecule has 2 N–H and O–H groups in total. The first kappa shape index (κ1) is 7.17. The zero-order chi connectivity index (χ0) is 8.55. The molecule has 0 atom stereocenters. The van der Waals surface area contributed by atoms with Crippen molar-refractivity contribution in [3.05, 3.63) is 18.3 Å². The van der Waals surface area contributed by atoms with E-state index in [9.17, 15) is 0 Å². The van der Waals surface area contributed by atoms with Crippen LogP contribution < -0.4 is 5.73 Å².